The van der Waals surface area contributed by atoms with Gasteiger partial charge in [0.25, 0.3) is 5.91 Å². The zero-order valence-electron chi connectivity index (χ0n) is 16.0. The van der Waals surface area contributed by atoms with Crippen LogP contribution < -0.4 is 9.47 Å². The molecule has 2 aliphatic rings. The second-order valence-corrected chi connectivity index (χ2v) is 8.26. The van der Waals surface area contributed by atoms with Crippen LogP contribution in [0.1, 0.15) is 16.7 Å². The number of carbonyl (C=O) groups excluding carboxylic acids is 1. The van der Waals surface area contributed by atoms with Crippen LogP contribution in [0.5, 0.6) is 11.5 Å². The van der Waals surface area contributed by atoms with E-state index in [4.69, 9.17) is 14.7 Å². The minimum atomic E-state index is 0.00216. The Bertz CT molecular complexity index is 1000. The maximum absolute atomic E-state index is 13.4. The van der Waals surface area contributed by atoms with E-state index in [2.05, 4.69) is 32.0 Å². The van der Waals surface area contributed by atoms with Gasteiger partial charge in [0, 0.05) is 60.2 Å². The number of rotatable bonds is 3. The highest BCUT2D eigenvalue weighted by Crippen LogP contribution is 2.40. The summed E-state index contributed by atoms with van der Waals surface area (Å²) in [5, 5.41) is 9.13. The van der Waals surface area contributed by atoms with Crippen molar-refractivity contribution < 1.29 is 14.3 Å². The maximum Gasteiger partial charge on any atom is 0.253 e. The van der Waals surface area contributed by atoms with Crippen LogP contribution in [0.2, 0.25) is 0 Å². The highest BCUT2D eigenvalue weighted by atomic mass is 127. The van der Waals surface area contributed by atoms with E-state index in [0.29, 0.717) is 30.0 Å². The molecule has 0 aliphatic carbocycles. The summed E-state index contributed by atoms with van der Waals surface area (Å²) >= 11 is 2.29. The summed E-state index contributed by atoms with van der Waals surface area (Å²) in [5.41, 5.74) is 3.78. The average molecular weight is 501 g/mol. The zero-order chi connectivity index (χ0) is 20.4. The number of methoxy groups -OCH3 is 1. The Morgan fingerprint density at radius 2 is 1.86 bits per heavy atom. The topological polar surface area (TPSA) is 65.8 Å². The van der Waals surface area contributed by atoms with Gasteiger partial charge in [0.1, 0.15) is 18.1 Å². The van der Waals surface area contributed by atoms with Gasteiger partial charge < -0.3 is 14.4 Å². The fourth-order valence-corrected chi connectivity index (χ4v) is 4.06. The van der Waals surface area contributed by atoms with Crippen LogP contribution in [0, 0.1) is 11.3 Å². The van der Waals surface area contributed by atoms with E-state index in [1.807, 2.05) is 35.2 Å². The molecule has 1 amide bonds. The molecule has 148 valence electrons. The minimum absolute atomic E-state index is 0.00216. The number of amides is 1. The van der Waals surface area contributed by atoms with E-state index in [1.165, 1.54) is 0 Å². The van der Waals surface area contributed by atoms with Crippen LogP contribution >= 0.6 is 22.9 Å². The van der Waals surface area contributed by atoms with E-state index < -0.39 is 0 Å². The van der Waals surface area contributed by atoms with Gasteiger partial charge in [-0.1, -0.05) is 12.1 Å². The summed E-state index contributed by atoms with van der Waals surface area (Å²) in [5.74, 6) is 1.42. The number of hydrogen-bond donors (Lipinski definition) is 0. The van der Waals surface area contributed by atoms with Gasteiger partial charge in [0.2, 0.25) is 0 Å². The molecule has 0 atom stereocenters. The molecule has 0 N–H and O–H groups in total. The molecule has 0 bridgehead atoms. The van der Waals surface area contributed by atoms with Crippen molar-refractivity contribution in [2.24, 2.45) is 0 Å². The van der Waals surface area contributed by atoms with Gasteiger partial charge in [0.05, 0.1) is 24.3 Å². The largest absolute Gasteiger partial charge is 0.497 e. The fraction of sp³-hybridized carbons (Fsp3) is 0.273. The van der Waals surface area contributed by atoms with Crippen molar-refractivity contribution in [2.75, 3.05) is 39.9 Å². The van der Waals surface area contributed by atoms with Crippen molar-refractivity contribution in [3.63, 3.8) is 0 Å². The number of nitriles is 1. The standard InChI is InChI=1S/C22H20IN3O3/c1-28-17-6-7-20-18(12-17)21(16-4-2-15(13-24)3-5-16)19(14-29-20)22(27)25-8-10-26(23)11-9-25/h2-7,12H,8-11,14H2,1H3. The van der Waals surface area contributed by atoms with Crippen molar-refractivity contribution >= 4 is 34.3 Å². The first kappa shape index (κ1) is 19.7. The van der Waals surface area contributed by atoms with Gasteiger partial charge in [-0.15, -0.1) is 0 Å². The third-order valence-corrected chi connectivity index (χ3v) is 6.17. The Hall–Kier alpha value is -2.57. The number of benzene rings is 2. The van der Waals surface area contributed by atoms with Crippen LogP contribution in [0.25, 0.3) is 5.57 Å². The second-order valence-electron chi connectivity index (χ2n) is 6.90. The molecule has 7 heteroatoms. The maximum atomic E-state index is 13.4. The molecular weight excluding hydrogens is 481 g/mol. The molecule has 1 saturated heterocycles. The van der Waals surface area contributed by atoms with E-state index in [1.54, 1.807) is 19.2 Å². The van der Waals surface area contributed by atoms with E-state index >= 15 is 0 Å². The smallest absolute Gasteiger partial charge is 0.253 e. The summed E-state index contributed by atoms with van der Waals surface area (Å²) in [7, 11) is 1.62. The lowest BCUT2D eigenvalue weighted by Gasteiger charge is -2.33. The molecule has 2 aromatic rings. The van der Waals surface area contributed by atoms with Gasteiger partial charge in [-0.25, -0.2) is 3.11 Å². The first-order valence-electron chi connectivity index (χ1n) is 9.35. The predicted molar refractivity (Wildman–Crippen MR) is 118 cm³/mol. The Balaban J connectivity index is 1.83. The second kappa shape index (κ2) is 8.43. The number of piperazine rings is 1. The number of nitrogens with zero attached hydrogens (tertiary/aromatic N) is 3. The molecule has 2 heterocycles. The zero-order valence-corrected chi connectivity index (χ0v) is 18.2. The van der Waals surface area contributed by atoms with Gasteiger partial charge in [-0.3, -0.25) is 4.79 Å². The summed E-state index contributed by atoms with van der Waals surface area (Å²) in [6.45, 7) is 3.29. The molecule has 0 spiro atoms. The van der Waals surface area contributed by atoms with Crippen molar-refractivity contribution in [3.8, 4) is 17.6 Å². The highest BCUT2D eigenvalue weighted by molar-refractivity contribution is 14.1. The van der Waals surface area contributed by atoms with E-state index in [9.17, 15) is 4.79 Å². The number of ether oxygens (including phenoxy) is 2. The number of hydrogen-bond acceptors (Lipinski definition) is 5. The molecule has 0 unspecified atom stereocenters. The van der Waals surface area contributed by atoms with E-state index in [0.717, 1.165) is 35.5 Å². The van der Waals surface area contributed by atoms with Crippen LogP contribution in [0.3, 0.4) is 0 Å². The predicted octanol–water partition coefficient (Wildman–Crippen LogP) is 3.26. The Morgan fingerprint density at radius 1 is 1.14 bits per heavy atom. The Kier molecular flexibility index (Phi) is 5.74. The average Bonchev–Trinajstić information content (AvgIpc) is 2.78. The normalized spacial score (nSPS) is 16.7. The van der Waals surface area contributed by atoms with Gasteiger partial charge in [-0.2, -0.15) is 5.26 Å². The molecule has 29 heavy (non-hydrogen) atoms. The first-order chi connectivity index (χ1) is 14.1. The molecule has 0 radical (unpaired) electrons. The van der Waals surface area contributed by atoms with Crippen molar-refractivity contribution in [1.29, 1.82) is 5.26 Å². The minimum Gasteiger partial charge on any atom is -0.497 e. The lowest BCUT2D eigenvalue weighted by molar-refractivity contribution is -0.128. The highest BCUT2D eigenvalue weighted by Gasteiger charge is 2.30. The summed E-state index contributed by atoms with van der Waals surface area (Å²) in [6, 6.07) is 15.1. The molecule has 4 rings (SSSR count). The number of fused-ring (bicyclic) bond motifs is 1. The molecule has 0 aromatic heterocycles. The SMILES string of the molecule is COc1ccc2c(c1)C(c1ccc(C#N)cc1)=C(C(=O)N1CCN(I)CC1)CO2. The van der Waals surface area contributed by atoms with Gasteiger partial charge >= 0.3 is 0 Å². The van der Waals surface area contributed by atoms with Gasteiger partial charge in [0.15, 0.2) is 0 Å². The van der Waals surface area contributed by atoms with E-state index in [-0.39, 0.29) is 12.5 Å². The molecule has 0 saturated carbocycles. The van der Waals surface area contributed by atoms with Crippen molar-refractivity contribution in [2.45, 2.75) is 0 Å². The summed E-state index contributed by atoms with van der Waals surface area (Å²) in [4.78, 5) is 15.3. The molecular formula is C22H20IN3O3. The number of carbonyl (C=O) groups is 1. The third-order valence-electron chi connectivity index (χ3n) is 5.20. The Labute approximate surface area is 183 Å². The van der Waals surface area contributed by atoms with Gasteiger partial charge in [-0.05, 0) is 35.9 Å². The van der Waals surface area contributed by atoms with Crippen molar-refractivity contribution in [1.82, 2.24) is 8.01 Å². The van der Waals surface area contributed by atoms with Crippen molar-refractivity contribution in [3.05, 3.63) is 64.7 Å². The quantitative estimate of drug-likeness (QED) is 0.478. The first-order valence-corrected chi connectivity index (χ1v) is 10.3. The molecule has 2 aliphatic heterocycles. The number of halogens is 1. The lowest BCUT2D eigenvalue weighted by Crippen LogP contribution is -2.46. The Morgan fingerprint density at radius 3 is 2.52 bits per heavy atom. The molecule has 2 aromatic carbocycles. The molecule has 1 fully saturated rings. The van der Waals surface area contributed by atoms with Crippen LogP contribution in [-0.4, -0.2) is 53.8 Å². The third kappa shape index (κ3) is 3.95. The van der Waals surface area contributed by atoms with Crippen LogP contribution in [-0.2, 0) is 4.79 Å². The van der Waals surface area contributed by atoms with Crippen LogP contribution in [0.4, 0.5) is 0 Å². The summed E-state index contributed by atoms with van der Waals surface area (Å²) < 4.78 is 13.5. The fourth-order valence-electron chi connectivity index (χ4n) is 3.63. The summed E-state index contributed by atoms with van der Waals surface area (Å²) in [6.07, 6.45) is 0. The molecule has 6 nitrogen and oxygen atoms in total. The monoisotopic (exact) mass is 501 g/mol. The lowest BCUT2D eigenvalue weighted by atomic mass is 9.89. The van der Waals surface area contributed by atoms with Crippen LogP contribution in [0.15, 0.2) is 48.0 Å².